The Kier molecular flexibility index (Phi) is 9.18. The quantitative estimate of drug-likeness (QED) is 0.380. The molecule has 0 saturated heterocycles. The van der Waals surface area contributed by atoms with Gasteiger partial charge in [-0.3, -0.25) is 9.69 Å². The van der Waals surface area contributed by atoms with Crippen LogP contribution < -0.4 is 5.32 Å². The molecular formula is C12H24N2O. The third-order valence-corrected chi connectivity index (χ3v) is 2.10. The van der Waals surface area contributed by atoms with Crippen molar-refractivity contribution in [1.29, 1.82) is 0 Å². The van der Waals surface area contributed by atoms with Crippen LogP contribution in [0.15, 0.2) is 12.2 Å². The maximum Gasteiger partial charge on any atom is 0.220 e. The van der Waals surface area contributed by atoms with E-state index in [-0.39, 0.29) is 5.91 Å². The normalized spacial score (nSPS) is 11.2. The largest absolute Gasteiger partial charge is 0.343 e. The van der Waals surface area contributed by atoms with Gasteiger partial charge in [0.05, 0.1) is 6.67 Å². The zero-order valence-electron chi connectivity index (χ0n) is 10.3. The van der Waals surface area contributed by atoms with Crippen LogP contribution in [0.4, 0.5) is 0 Å². The molecule has 0 bridgehead atoms. The van der Waals surface area contributed by atoms with Crippen molar-refractivity contribution in [3.8, 4) is 0 Å². The van der Waals surface area contributed by atoms with Crippen LogP contribution >= 0.6 is 0 Å². The van der Waals surface area contributed by atoms with Crippen molar-refractivity contribution in [2.24, 2.45) is 0 Å². The molecule has 0 spiro atoms. The van der Waals surface area contributed by atoms with Crippen molar-refractivity contribution >= 4 is 5.91 Å². The van der Waals surface area contributed by atoms with E-state index in [1.807, 2.05) is 25.9 Å². The summed E-state index contributed by atoms with van der Waals surface area (Å²) < 4.78 is 0. The molecule has 0 aromatic rings. The molecule has 0 heterocycles. The van der Waals surface area contributed by atoms with E-state index in [1.54, 1.807) is 0 Å². The Morgan fingerprint density at radius 1 is 1.27 bits per heavy atom. The fourth-order valence-electron chi connectivity index (χ4n) is 1.23. The molecule has 0 aliphatic rings. The molecule has 0 atom stereocenters. The molecule has 3 heteroatoms. The molecule has 0 aliphatic carbocycles. The molecule has 0 aromatic heterocycles. The molecule has 0 fully saturated rings. The minimum Gasteiger partial charge on any atom is -0.343 e. The van der Waals surface area contributed by atoms with E-state index in [1.165, 1.54) is 6.42 Å². The number of amides is 1. The zero-order chi connectivity index (χ0) is 11.5. The van der Waals surface area contributed by atoms with Crippen molar-refractivity contribution in [3.63, 3.8) is 0 Å². The summed E-state index contributed by atoms with van der Waals surface area (Å²) in [7, 11) is 3.88. The Bertz CT molecular complexity index is 188. The van der Waals surface area contributed by atoms with Crippen LogP contribution in [0.5, 0.6) is 0 Å². The van der Waals surface area contributed by atoms with Gasteiger partial charge in [-0.15, -0.1) is 0 Å². The summed E-state index contributed by atoms with van der Waals surface area (Å²) in [5, 5.41) is 2.86. The molecule has 0 saturated carbocycles. The van der Waals surface area contributed by atoms with Crippen molar-refractivity contribution in [2.75, 3.05) is 20.8 Å². The van der Waals surface area contributed by atoms with Crippen molar-refractivity contribution in [1.82, 2.24) is 10.2 Å². The van der Waals surface area contributed by atoms with E-state index in [0.717, 1.165) is 19.3 Å². The molecule has 15 heavy (non-hydrogen) atoms. The smallest absolute Gasteiger partial charge is 0.220 e. The van der Waals surface area contributed by atoms with Gasteiger partial charge in [-0.25, -0.2) is 0 Å². The lowest BCUT2D eigenvalue weighted by molar-refractivity contribution is -0.121. The van der Waals surface area contributed by atoms with E-state index in [9.17, 15) is 4.79 Å². The SMILES string of the molecule is C/C=C/CCCCCC(=O)NCN(C)C. The minimum absolute atomic E-state index is 0.162. The number of carbonyl (C=O) groups is 1. The summed E-state index contributed by atoms with van der Waals surface area (Å²) in [5.74, 6) is 0.162. The van der Waals surface area contributed by atoms with Gasteiger partial charge in [0, 0.05) is 6.42 Å². The zero-order valence-corrected chi connectivity index (χ0v) is 10.3. The monoisotopic (exact) mass is 212 g/mol. The third kappa shape index (κ3) is 11.1. The Morgan fingerprint density at radius 2 is 2.00 bits per heavy atom. The first-order valence-electron chi connectivity index (χ1n) is 5.69. The van der Waals surface area contributed by atoms with E-state index >= 15 is 0 Å². The highest BCUT2D eigenvalue weighted by atomic mass is 16.1. The number of hydrogen-bond donors (Lipinski definition) is 1. The Balaban J connectivity index is 3.24. The molecule has 3 nitrogen and oxygen atoms in total. The number of hydrogen-bond acceptors (Lipinski definition) is 2. The van der Waals surface area contributed by atoms with Gasteiger partial charge < -0.3 is 5.32 Å². The van der Waals surface area contributed by atoms with Crippen LogP contribution in [0.3, 0.4) is 0 Å². The van der Waals surface area contributed by atoms with E-state index in [2.05, 4.69) is 17.5 Å². The number of nitrogens with one attached hydrogen (secondary N) is 1. The molecule has 1 amide bonds. The lowest BCUT2D eigenvalue weighted by Crippen LogP contribution is -2.32. The second-order valence-corrected chi connectivity index (χ2v) is 4.01. The highest BCUT2D eigenvalue weighted by Crippen LogP contribution is 2.03. The van der Waals surface area contributed by atoms with Crippen LogP contribution in [0, 0.1) is 0 Å². The van der Waals surface area contributed by atoms with Gasteiger partial charge in [0.15, 0.2) is 0 Å². The number of carbonyl (C=O) groups excluding carboxylic acids is 1. The Morgan fingerprint density at radius 3 is 2.60 bits per heavy atom. The molecule has 1 N–H and O–H groups in total. The Labute approximate surface area is 93.5 Å². The molecule has 0 rings (SSSR count). The summed E-state index contributed by atoms with van der Waals surface area (Å²) in [6, 6.07) is 0. The van der Waals surface area contributed by atoms with Gasteiger partial charge in [-0.05, 0) is 40.3 Å². The lowest BCUT2D eigenvalue weighted by Gasteiger charge is -2.10. The number of unbranched alkanes of at least 4 members (excludes halogenated alkanes) is 3. The van der Waals surface area contributed by atoms with Gasteiger partial charge >= 0.3 is 0 Å². The summed E-state index contributed by atoms with van der Waals surface area (Å²) in [6.07, 6.45) is 9.36. The Hall–Kier alpha value is -0.830. The van der Waals surface area contributed by atoms with Crippen LogP contribution in [0.1, 0.15) is 39.0 Å². The lowest BCUT2D eigenvalue weighted by atomic mass is 10.1. The van der Waals surface area contributed by atoms with E-state index in [0.29, 0.717) is 13.1 Å². The van der Waals surface area contributed by atoms with Gasteiger partial charge in [-0.2, -0.15) is 0 Å². The maximum absolute atomic E-state index is 11.3. The van der Waals surface area contributed by atoms with Crippen LogP contribution in [0.2, 0.25) is 0 Å². The molecule has 0 aromatic carbocycles. The van der Waals surface area contributed by atoms with Gasteiger partial charge in [0.1, 0.15) is 0 Å². The van der Waals surface area contributed by atoms with E-state index < -0.39 is 0 Å². The first-order chi connectivity index (χ1) is 7.16. The second-order valence-electron chi connectivity index (χ2n) is 4.01. The third-order valence-electron chi connectivity index (χ3n) is 2.10. The second kappa shape index (κ2) is 9.71. The molecule has 0 unspecified atom stereocenters. The van der Waals surface area contributed by atoms with Crippen molar-refractivity contribution < 1.29 is 4.79 Å². The first kappa shape index (κ1) is 14.2. The predicted octanol–water partition coefficient (Wildman–Crippen LogP) is 2.15. The van der Waals surface area contributed by atoms with Crippen molar-refractivity contribution in [2.45, 2.75) is 39.0 Å². The highest BCUT2D eigenvalue weighted by Gasteiger charge is 1.99. The molecule has 0 aliphatic heterocycles. The molecule has 88 valence electrons. The first-order valence-corrected chi connectivity index (χ1v) is 5.69. The fourth-order valence-corrected chi connectivity index (χ4v) is 1.23. The summed E-state index contributed by atoms with van der Waals surface area (Å²) in [4.78, 5) is 13.2. The maximum atomic E-state index is 11.3. The van der Waals surface area contributed by atoms with E-state index in [4.69, 9.17) is 0 Å². The van der Waals surface area contributed by atoms with Gasteiger partial charge in [0.25, 0.3) is 0 Å². The van der Waals surface area contributed by atoms with Crippen LogP contribution in [-0.4, -0.2) is 31.6 Å². The fraction of sp³-hybridized carbons (Fsp3) is 0.750. The summed E-state index contributed by atoms with van der Waals surface area (Å²) in [6.45, 7) is 2.67. The van der Waals surface area contributed by atoms with Crippen LogP contribution in [0.25, 0.3) is 0 Å². The highest BCUT2D eigenvalue weighted by molar-refractivity contribution is 5.75. The predicted molar refractivity (Wildman–Crippen MR) is 64.6 cm³/mol. The minimum atomic E-state index is 0.162. The summed E-state index contributed by atoms with van der Waals surface area (Å²) >= 11 is 0. The number of rotatable bonds is 8. The molecule has 0 radical (unpaired) electrons. The number of allylic oxidation sites excluding steroid dienone is 2. The standard InChI is InChI=1S/C12H24N2O/c1-4-5-6-7-8-9-10-12(15)13-11-14(2)3/h4-5H,6-11H2,1-3H3,(H,13,15)/b5-4+. The topological polar surface area (TPSA) is 32.3 Å². The average Bonchev–Trinajstić information content (AvgIpc) is 2.20. The summed E-state index contributed by atoms with van der Waals surface area (Å²) in [5.41, 5.74) is 0. The van der Waals surface area contributed by atoms with Gasteiger partial charge in [0.2, 0.25) is 5.91 Å². The van der Waals surface area contributed by atoms with Gasteiger partial charge in [-0.1, -0.05) is 18.6 Å². The number of nitrogens with zero attached hydrogens (tertiary/aromatic N) is 1. The van der Waals surface area contributed by atoms with Crippen LogP contribution in [-0.2, 0) is 4.79 Å². The average molecular weight is 212 g/mol. The van der Waals surface area contributed by atoms with Crippen molar-refractivity contribution in [3.05, 3.63) is 12.2 Å². The molecular weight excluding hydrogens is 188 g/mol.